The topological polar surface area (TPSA) is 59.4 Å². The normalized spacial score (nSPS) is 11.8. The van der Waals surface area contributed by atoms with E-state index >= 15 is 0 Å². The van der Waals surface area contributed by atoms with Crippen LogP contribution in [0.1, 0.15) is 33.2 Å². The van der Waals surface area contributed by atoms with Crippen molar-refractivity contribution in [1.29, 1.82) is 0 Å². The average molecular weight is 337 g/mol. The molecule has 0 aliphatic rings. The Labute approximate surface area is 144 Å². The highest BCUT2D eigenvalue weighted by atomic mass is 19.1. The molecule has 4 nitrogen and oxygen atoms in total. The Morgan fingerprint density at radius 1 is 1.16 bits per heavy atom. The van der Waals surface area contributed by atoms with Crippen molar-refractivity contribution >= 4 is 5.78 Å². The maximum absolute atomic E-state index is 13.9. The molecule has 0 bridgehead atoms. The van der Waals surface area contributed by atoms with E-state index in [9.17, 15) is 14.3 Å². The van der Waals surface area contributed by atoms with Gasteiger partial charge in [0.05, 0.1) is 7.11 Å². The number of hydrogen-bond donors (Lipinski definition) is 1. The highest BCUT2D eigenvalue weighted by Crippen LogP contribution is 2.27. The number of halogens is 1. The molecule has 1 aromatic heterocycles. The van der Waals surface area contributed by atoms with Gasteiger partial charge >= 0.3 is 0 Å². The van der Waals surface area contributed by atoms with Gasteiger partial charge in [-0.2, -0.15) is 0 Å². The molecule has 0 saturated carbocycles. The Morgan fingerprint density at radius 3 is 2.60 bits per heavy atom. The minimum absolute atomic E-state index is 0.0623. The molecule has 0 radical (unpaired) electrons. The second kappa shape index (κ2) is 7.23. The molecule has 1 N–H and O–H groups in total. The van der Waals surface area contributed by atoms with Crippen molar-refractivity contribution in [2.75, 3.05) is 7.11 Å². The summed E-state index contributed by atoms with van der Waals surface area (Å²) in [5.74, 6) is -0.977. The van der Waals surface area contributed by atoms with Crippen molar-refractivity contribution < 1.29 is 19.0 Å². The number of nitrogens with zero attached hydrogens (tertiary/aromatic N) is 1. The third kappa shape index (κ3) is 3.41. The molecule has 0 spiro atoms. The number of benzene rings is 2. The Hall–Kier alpha value is -3.05. The molecule has 5 heteroatoms. The zero-order chi connectivity index (χ0) is 17.8. The van der Waals surface area contributed by atoms with Crippen LogP contribution in [0.4, 0.5) is 4.39 Å². The first-order valence-electron chi connectivity index (χ1n) is 7.67. The third-order valence-corrected chi connectivity index (χ3v) is 3.92. The number of aliphatic hydroxyl groups is 1. The zero-order valence-electron chi connectivity index (χ0n) is 13.5. The number of aromatic nitrogens is 1. The molecule has 126 valence electrons. The van der Waals surface area contributed by atoms with Gasteiger partial charge in [-0.25, -0.2) is 4.39 Å². The monoisotopic (exact) mass is 337 g/mol. The lowest BCUT2D eigenvalue weighted by Gasteiger charge is -2.15. The van der Waals surface area contributed by atoms with Gasteiger partial charge in [-0.05, 0) is 35.4 Å². The van der Waals surface area contributed by atoms with Gasteiger partial charge in [0.1, 0.15) is 6.10 Å². The molecule has 3 aromatic rings. The summed E-state index contributed by atoms with van der Waals surface area (Å²) >= 11 is 0. The van der Waals surface area contributed by atoms with Gasteiger partial charge in [-0.1, -0.05) is 30.3 Å². The van der Waals surface area contributed by atoms with E-state index in [1.165, 1.54) is 31.6 Å². The summed E-state index contributed by atoms with van der Waals surface area (Å²) in [4.78, 5) is 16.8. The van der Waals surface area contributed by atoms with Crippen LogP contribution in [0, 0.1) is 5.82 Å². The summed E-state index contributed by atoms with van der Waals surface area (Å²) in [6, 6.07) is 14.6. The highest BCUT2D eigenvalue weighted by molar-refractivity contribution is 6.09. The second-order valence-corrected chi connectivity index (χ2v) is 5.45. The third-order valence-electron chi connectivity index (χ3n) is 3.92. The fourth-order valence-electron chi connectivity index (χ4n) is 2.61. The van der Waals surface area contributed by atoms with Gasteiger partial charge in [0.15, 0.2) is 17.3 Å². The van der Waals surface area contributed by atoms with Gasteiger partial charge in [-0.3, -0.25) is 9.78 Å². The Bertz CT molecular complexity index is 896. The van der Waals surface area contributed by atoms with Crippen LogP contribution in [0.3, 0.4) is 0 Å². The number of ketones is 1. The predicted octanol–water partition coefficient (Wildman–Crippen LogP) is 3.54. The van der Waals surface area contributed by atoms with E-state index in [4.69, 9.17) is 4.74 Å². The van der Waals surface area contributed by atoms with E-state index in [1.54, 1.807) is 30.3 Å². The van der Waals surface area contributed by atoms with Crippen molar-refractivity contribution in [1.82, 2.24) is 4.98 Å². The van der Waals surface area contributed by atoms with Crippen LogP contribution < -0.4 is 4.74 Å². The summed E-state index contributed by atoms with van der Waals surface area (Å²) in [5.41, 5.74) is 1.46. The van der Waals surface area contributed by atoms with Crippen LogP contribution >= 0.6 is 0 Å². The molecular formula is C20H16FNO3. The SMILES string of the molecule is COc1ccc(C(=O)c2cnccc2C(O)c2ccccc2)cc1F. The minimum atomic E-state index is -0.980. The first kappa shape index (κ1) is 16.8. The summed E-state index contributed by atoms with van der Waals surface area (Å²) < 4.78 is 18.8. The molecule has 25 heavy (non-hydrogen) atoms. The van der Waals surface area contributed by atoms with Crippen LogP contribution in [-0.2, 0) is 0 Å². The van der Waals surface area contributed by atoms with Gasteiger partial charge < -0.3 is 9.84 Å². The number of pyridine rings is 1. The number of ether oxygens (including phenoxy) is 1. The van der Waals surface area contributed by atoms with Crippen LogP contribution in [0.25, 0.3) is 0 Å². The van der Waals surface area contributed by atoms with Crippen molar-refractivity contribution in [3.05, 3.63) is 95.1 Å². The Balaban J connectivity index is 2.01. The maximum Gasteiger partial charge on any atom is 0.195 e. The highest BCUT2D eigenvalue weighted by Gasteiger charge is 2.21. The molecule has 0 aliphatic heterocycles. The largest absolute Gasteiger partial charge is 0.494 e. The van der Waals surface area contributed by atoms with Crippen molar-refractivity contribution in [3.63, 3.8) is 0 Å². The number of rotatable bonds is 5. The predicted molar refractivity (Wildman–Crippen MR) is 91.1 cm³/mol. The molecule has 1 atom stereocenters. The van der Waals surface area contributed by atoms with Crippen molar-refractivity contribution in [2.24, 2.45) is 0 Å². The molecule has 0 fully saturated rings. The zero-order valence-corrected chi connectivity index (χ0v) is 13.5. The Morgan fingerprint density at radius 2 is 1.92 bits per heavy atom. The number of hydrogen-bond acceptors (Lipinski definition) is 4. The molecule has 0 aliphatic carbocycles. The average Bonchev–Trinajstić information content (AvgIpc) is 2.67. The van der Waals surface area contributed by atoms with Crippen molar-refractivity contribution in [3.8, 4) is 5.75 Å². The van der Waals surface area contributed by atoms with Gasteiger partial charge in [0, 0.05) is 23.5 Å². The first-order chi connectivity index (χ1) is 12.1. The van der Waals surface area contributed by atoms with E-state index in [2.05, 4.69) is 4.98 Å². The van der Waals surface area contributed by atoms with E-state index in [0.29, 0.717) is 11.1 Å². The molecule has 1 heterocycles. The minimum Gasteiger partial charge on any atom is -0.494 e. The fourth-order valence-corrected chi connectivity index (χ4v) is 2.61. The van der Waals surface area contributed by atoms with E-state index in [0.717, 1.165) is 6.07 Å². The van der Waals surface area contributed by atoms with Crippen LogP contribution in [0.15, 0.2) is 67.0 Å². The summed E-state index contributed by atoms with van der Waals surface area (Å²) in [5, 5.41) is 10.6. The maximum atomic E-state index is 13.9. The Kier molecular flexibility index (Phi) is 4.86. The van der Waals surface area contributed by atoms with Crippen molar-refractivity contribution in [2.45, 2.75) is 6.10 Å². The summed E-state index contributed by atoms with van der Waals surface area (Å²) in [6.07, 6.45) is 1.91. The summed E-state index contributed by atoms with van der Waals surface area (Å²) in [7, 11) is 1.36. The van der Waals surface area contributed by atoms with Crippen LogP contribution in [0.5, 0.6) is 5.75 Å². The summed E-state index contributed by atoms with van der Waals surface area (Å²) in [6.45, 7) is 0. The van der Waals surface area contributed by atoms with E-state index in [1.807, 2.05) is 6.07 Å². The molecule has 0 amide bonds. The lowest BCUT2D eigenvalue weighted by molar-refractivity contribution is 0.103. The quantitative estimate of drug-likeness (QED) is 0.724. The molecule has 3 rings (SSSR count). The van der Waals surface area contributed by atoms with Gasteiger partial charge in [0.2, 0.25) is 0 Å². The smallest absolute Gasteiger partial charge is 0.195 e. The van der Waals surface area contributed by atoms with E-state index < -0.39 is 17.7 Å². The van der Waals surface area contributed by atoms with Crippen LogP contribution in [0.2, 0.25) is 0 Å². The lowest BCUT2D eigenvalue weighted by Crippen LogP contribution is -2.11. The van der Waals surface area contributed by atoms with Gasteiger partial charge in [0.25, 0.3) is 0 Å². The molecule has 1 unspecified atom stereocenters. The number of aliphatic hydroxyl groups excluding tert-OH is 1. The lowest BCUT2D eigenvalue weighted by atomic mass is 9.94. The van der Waals surface area contributed by atoms with Gasteiger partial charge in [-0.15, -0.1) is 0 Å². The van der Waals surface area contributed by atoms with Crippen LogP contribution in [-0.4, -0.2) is 23.0 Å². The van der Waals surface area contributed by atoms with E-state index in [-0.39, 0.29) is 16.9 Å². The first-order valence-corrected chi connectivity index (χ1v) is 7.67. The molecular weight excluding hydrogens is 321 g/mol. The second-order valence-electron chi connectivity index (χ2n) is 5.45. The number of carbonyl (C=O) groups excluding carboxylic acids is 1. The fraction of sp³-hybridized carbons (Fsp3) is 0.100. The number of carbonyl (C=O) groups is 1. The molecule has 0 saturated heterocycles. The number of methoxy groups -OCH3 is 1. The standard InChI is InChI=1S/C20H16FNO3/c1-25-18-8-7-14(11-17(18)21)20(24)16-12-22-10-9-15(16)19(23)13-5-3-2-4-6-13/h2-12,19,23H,1H3. The molecule has 2 aromatic carbocycles.